The fourth-order valence-corrected chi connectivity index (χ4v) is 5.16. The van der Waals surface area contributed by atoms with Gasteiger partial charge in [-0.05, 0) is 24.4 Å². The molecule has 1 aliphatic carbocycles. The van der Waals surface area contributed by atoms with Gasteiger partial charge in [0.2, 0.25) is 17.7 Å². The molecule has 1 aliphatic heterocycles. The number of morpholine rings is 1. The average Bonchev–Trinajstić information content (AvgIpc) is 2.88. The molecule has 8 heteroatoms. The lowest BCUT2D eigenvalue weighted by atomic mass is 9.81. The summed E-state index contributed by atoms with van der Waals surface area (Å²) in [5, 5.41) is 2.91. The summed E-state index contributed by atoms with van der Waals surface area (Å²) in [4.78, 5) is 42.6. The zero-order valence-electron chi connectivity index (χ0n) is 21.1. The summed E-state index contributed by atoms with van der Waals surface area (Å²) in [7, 11) is 0. The van der Waals surface area contributed by atoms with Crippen LogP contribution in [0, 0.1) is 11.8 Å². The zero-order valence-corrected chi connectivity index (χ0v) is 21.1. The zero-order chi connectivity index (χ0) is 25.0. The largest absolute Gasteiger partial charge is 0.378 e. The molecule has 1 aromatic rings. The van der Waals surface area contributed by atoms with E-state index in [9.17, 15) is 14.4 Å². The van der Waals surface area contributed by atoms with Gasteiger partial charge in [0.1, 0.15) is 6.04 Å². The molecule has 2 aliphatic rings. The fourth-order valence-electron chi connectivity index (χ4n) is 5.16. The highest BCUT2D eigenvalue weighted by Crippen LogP contribution is 2.30. The highest BCUT2D eigenvalue weighted by atomic mass is 16.5. The maximum atomic E-state index is 13.4. The lowest BCUT2D eigenvalue weighted by Crippen LogP contribution is -2.53. The summed E-state index contributed by atoms with van der Waals surface area (Å²) in [6.07, 6.45) is 6.60. The second-order valence-corrected chi connectivity index (χ2v) is 9.91. The van der Waals surface area contributed by atoms with Gasteiger partial charge >= 0.3 is 0 Å². The molecule has 1 saturated carbocycles. The van der Waals surface area contributed by atoms with Crippen molar-refractivity contribution in [2.45, 2.75) is 64.5 Å². The van der Waals surface area contributed by atoms with Gasteiger partial charge in [0.25, 0.3) is 0 Å². The Hall–Kier alpha value is -2.45. The van der Waals surface area contributed by atoms with Gasteiger partial charge in [-0.3, -0.25) is 19.3 Å². The SMILES string of the molecule is CCN(Cc1ccccc1)C[C@H](NC(=O)C(CC(=O)N1CCOCC1)CC1CCCCC1)C(N)=O. The molecular weight excluding hydrogens is 444 g/mol. The molecule has 0 bridgehead atoms. The number of nitrogens with one attached hydrogen (secondary N) is 1. The minimum atomic E-state index is -0.807. The van der Waals surface area contributed by atoms with E-state index in [1.54, 1.807) is 4.90 Å². The minimum Gasteiger partial charge on any atom is -0.378 e. The Morgan fingerprint density at radius 2 is 1.80 bits per heavy atom. The van der Waals surface area contributed by atoms with Gasteiger partial charge in [0.05, 0.1) is 13.2 Å². The third kappa shape index (κ3) is 8.93. The van der Waals surface area contributed by atoms with Crippen molar-refractivity contribution in [3.05, 3.63) is 35.9 Å². The molecule has 194 valence electrons. The summed E-state index contributed by atoms with van der Waals surface area (Å²) in [6.45, 7) is 5.92. The summed E-state index contributed by atoms with van der Waals surface area (Å²) in [5.74, 6) is -0.828. The number of ether oxygens (including phenoxy) is 1. The third-order valence-electron chi connectivity index (χ3n) is 7.30. The van der Waals surface area contributed by atoms with Crippen molar-refractivity contribution in [3.8, 4) is 0 Å². The van der Waals surface area contributed by atoms with Crippen molar-refractivity contribution in [1.29, 1.82) is 0 Å². The van der Waals surface area contributed by atoms with Crippen LogP contribution >= 0.6 is 0 Å². The molecule has 1 heterocycles. The van der Waals surface area contributed by atoms with Crippen LogP contribution in [0.25, 0.3) is 0 Å². The molecular formula is C27H42N4O4. The normalized spacial score (nSPS) is 18.7. The quantitative estimate of drug-likeness (QED) is 0.472. The Morgan fingerprint density at radius 3 is 2.43 bits per heavy atom. The van der Waals surface area contributed by atoms with Gasteiger partial charge in [0.15, 0.2) is 0 Å². The predicted molar refractivity (Wildman–Crippen MR) is 135 cm³/mol. The van der Waals surface area contributed by atoms with E-state index >= 15 is 0 Å². The van der Waals surface area contributed by atoms with Crippen LogP contribution in [0.4, 0.5) is 0 Å². The number of hydrogen-bond acceptors (Lipinski definition) is 5. The van der Waals surface area contributed by atoms with E-state index in [1.165, 1.54) is 19.3 Å². The van der Waals surface area contributed by atoms with Gasteiger partial charge < -0.3 is 20.7 Å². The molecule has 0 aromatic heterocycles. The first kappa shape index (κ1) is 27.1. The molecule has 1 aromatic carbocycles. The minimum absolute atomic E-state index is 0.0147. The first-order chi connectivity index (χ1) is 17.0. The van der Waals surface area contributed by atoms with Crippen LogP contribution in [0.15, 0.2) is 30.3 Å². The highest BCUT2D eigenvalue weighted by Gasteiger charge is 2.31. The van der Waals surface area contributed by atoms with E-state index in [4.69, 9.17) is 10.5 Å². The van der Waals surface area contributed by atoms with Crippen LogP contribution in [0.3, 0.4) is 0 Å². The van der Waals surface area contributed by atoms with Crippen LogP contribution in [-0.2, 0) is 25.7 Å². The number of benzene rings is 1. The Balaban J connectivity index is 1.65. The fraction of sp³-hybridized carbons (Fsp3) is 0.667. The van der Waals surface area contributed by atoms with E-state index in [-0.39, 0.29) is 18.2 Å². The predicted octanol–water partition coefficient (Wildman–Crippen LogP) is 2.31. The van der Waals surface area contributed by atoms with Crippen molar-refractivity contribution < 1.29 is 19.1 Å². The molecule has 35 heavy (non-hydrogen) atoms. The van der Waals surface area contributed by atoms with Gasteiger partial charge in [-0.1, -0.05) is 69.4 Å². The van der Waals surface area contributed by atoms with Crippen LogP contribution in [0.1, 0.15) is 57.4 Å². The van der Waals surface area contributed by atoms with Gasteiger partial charge in [-0.25, -0.2) is 0 Å². The number of carbonyl (C=O) groups excluding carboxylic acids is 3. The molecule has 8 nitrogen and oxygen atoms in total. The summed E-state index contributed by atoms with van der Waals surface area (Å²) in [5.41, 5.74) is 6.85. The molecule has 1 unspecified atom stereocenters. The number of rotatable bonds is 12. The van der Waals surface area contributed by atoms with E-state index in [0.717, 1.165) is 24.9 Å². The maximum absolute atomic E-state index is 13.4. The molecule has 2 fully saturated rings. The lowest BCUT2D eigenvalue weighted by Gasteiger charge is -2.31. The molecule has 0 spiro atoms. The topological polar surface area (TPSA) is 105 Å². The number of likely N-dealkylation sites (N-methyl/N-ethyl adjacent to an activating group) is 1. The molecule has 3 N–H and O–H groups in total. The van der Waals surface area contributed by atoms with Gasteiger partial charge in [-0.2, -0.15) is 0 Å². The Bertz CT molecular complexity index is 807. The number of carbonyl (C=O) groups is 3. The lowest BCUT2D eigenvalue weighted by molar-refractivity contribution is -0.140. The number of primary amides is 1. The monoisotopic (exact) mass is 486 g/mol. The average molecular weight is 487 g/mol. The van der Waals surface area contributed by atoms with E-state index < -0.39 is 17.9 Å². The smallest absolute Gasteiger partial charge is 0.241 e. The maximum Gasteiger partial charge on any atom is 0.241 e. The summed E-state index contributed by atoms with van der Waals surface area (Å²) in [6, 6.07) is 9.21. The number of hydrogen-bond donors (Lipinski definition) is 2. The summed E-state index contributed by atoms with van der Waals surface area (Å²) >= 11 is 0. The van der Waals surface area contributed by atoms with Crippen molar-refractivity contribution in [3.63, 3.8) is 0 Å². The van der Waals surface area contributed by atoms with Gasteiger partial charge in [-0.15, -0.1) is 0 Å². The molecule has 3 rings (SSSR count). The Morgan fingerprint density at radius 1 is 1.11 bits per heavy atom. The number of nitrogens with two attached hydrogens (primary N) is 1. The second kappa shape index (κ2) is 14.2. The molecule has 3 amide bonds. The van der Waals surface area contributed by atoms with Crippen LogP contribution in [0.2, 0.25) is 0 Å². The highest BCUT2D eigenvalue weighted by molar-refractivity contribution is 5.90. The molecule has 0 radical (unpaired) electrons. The van der Waals surface area contributed by atoms with Crippen molar-refractivity contribution >= 4 is 17.7 Å². The number of nitrogens with zero attached hydrogens (tertiary/aromatic N) is 2. The van der Waals surface area contributed by atoms with Crippen molar-refractivity contribution in [1.82, 2.24) is 15.1 Å². The Kier molecular flexibility index (Phi) is 11.0. The van der Waals surface area contributed by atoms with Crippen molar-refractivity contribution in [2.75, 3.05) is 39.4 Å². The Labute approximate surface area is 209 Å². The first-order valence-corrected chi connectivity index (χ1v) is 13.2. The third-order valence-corrected chi connectivity index (χ3v) is 7.30. The van der Waals surface area contributed by atoms with E-state index in [0.29, 0.717) is 51.7 Å². The first-order valence-electron chi connectivity index (χ1n) is 13.2. The van der Waals surface area contributed by atoms with Gasteiger partial charge in [0, 0.05) is 38.5 Å². The van der Waals surface area contributed by atoms with E-state index in [1.807, 2.05) is 37.3 Å². The van der Waals surface area contributed by atoms with Crippen LogP contribution in [-0.4, -0.2) is 73.0 Å². The van der Waals surface area contributed by atoms with Crippen LogP contribution in [0.5, 0.6) is 0 Å². The van der Waals surface area contributed by atoms with Crippen LogP contribution < -0.4 is 11.1 Å². The van der Waals surface area contributed by atoms with E-state index in [2.05, 4.69) is 10.2 Å². The summed E-state index contributed by atoms with van der Waals surface area (Å²) < 4.78 is 5.36. The van der Waals surface area contributed by atoms with Crippen molar-refractivity contribution in [2.24, 2.45) is 17.6 Å². The number of amides is 3. The second-order valence-electron chi connectivity index (χ2n) is 9.91. The molecule has 2 atom stereocenters. The standard InChI is InChI=1S/C27H42N4O4/c1-2-30(19-22-11-7-4-8-12-22)20-24(26(28)33)29-27(34)23(17-21-9-5-3-6-10-21)18-25(32)31-13-15-35-16-14-31/h4,7-8,11-12,21,23-24H,2-3,5-6,9-10,13-20H2,1H3,(H2,28,33)(H,29,34)/t23?,24-/m0/s1. The molecule has 1 saturated heterocycles.